The normalized spacial score (nSPS) is 19.7. The Hall–Kier alpha value is -2.66. The molecule has 148 valence electrons. The summed E-state index contributed by atoms with van der Waals surface area (Å²) in [6, 6.07) is 16.4. The number of carbonyl (C=O) groups excluding carboxylic acids is 2. The molecule has 1 amide bonds. The number of ether oxygens (including phenoxy) is 2. The largest absolute Gasteiger partial charge is 0.449 e. The molecule has 0 bridgehead atoms. The standard InChI is InChI=1S/C23H27NO4/c1-23(2,3)18-12-8-9-13-19(18)24-17(15-27-4)14-20(21(24)25)28-22(26)16-10-6-5-7-11-16/h5-13,17,20H,14-15H2,1-4H3/t17-,20-/m1/s1. The van der Waals surface area contributed by atoms with Crippen LogP contribution in [0.1, 0.15) is 43.1 Å². The van der Waals surface area contributed by atoms with E-state index in [1.165, 1.54) is 0 Å². The number of rotatable bonds is 5. The molecule has 0 unspecified atom stereocenters. The van der Waals surface area contributed by atoms with Gasteiger partial charge in [-0.05, 0) is 29.2 Å². The zero-order valence-corrected chi connectivity index (χ0v) is 16.8. The number of methoxy groups -OCH3 is 1. The summed E-state index contributed by atoms with van der Waals surface area (Å²) in [5, 5.41) is 0. The van der Waals surface area contributed by atoms with Crippen molar-refractivity contribution in [2.24, 2.45) is 0 Å². The SMILES string of the molecule is COC[C@H]1C[C@@H](OC(=O)c2ccccc2)C(=O)N1c1ccccc1C(C)(C)C. The first-order valence-electron chi connectivity index (χ1n) is 9.50. The van der Waals surface area contributed by atoms with Crippen LogP contribution < -0.4 is 4.90 Å². The Morgan fingerprint density at radius 1 is 1.07 bits per heavy atom. The smallest absolute Gasteiger partial charge is 0.338 e. The molecule has 2 aromatic carbocycles. The Labute approximate surface area is 166 Å². The van der Waals surface area contributed by atoms with E-state index in [1.807, 2.05) is 30.3 Å². The third-order valence-electron chi connectivity index (χ3n) is 4.95. The average molecular weight is 381 g/mol. The first-order chi connectivity index (χ1) is 13.3. The lowest BCUT2D eigenvalue weighted by atomic mass is 9.85. The minimum absolute atomic E-state index is 0.132. The molecule has 1 aliphatic rings. The minimum atomic E-state index is -0.819. The molecule has 2 atom stereocenters. The second kappa shape index (κ2) is 8.15. The maximum absolute atomic E-state index is 13.2. The van der Waals surface area contributed by atoms with Crippen LogP contribution in [0.2, 0.25) is 0 Å². The third-order valence-corrected chi connectivity index (χ3v) is 4.95. The molecule has 2 aromatic rings. The zero-order chi connectivity index (χ0) is 20.3. The fraction of sp³-hybridized carbons (Fsp3) is 0.391. The highest BCUT2D eigenvalue weighted by Crippen LogP contribution is 2.37. The van der Waals surface area contributed by atoms with E-state index in [0.29, 0.717) is 18.6 Å². The van der Waals surface area contributed by atoms with Gasteiger partial charge in [0.1, 0.15) is 0 Å². The molecule has 1 aliphatic heterocycles. The van der Waals surface area contributed by atoms with Gasteiger partial charge < -0.3 is 14.4 Å². The number of hydrogen-bond donors (Lipinski definition) is 0. The topological polar surface area (TPSA) is 55.8 Å². The number of carbonyl (C=O) groups is 2. The molecule has 1 saturated heterocycles. The van der Waals surface area contributed by atoms with E-state index < -0.39 is 12.1 Å². The summed E-state index contributed by atoms with van der Waals surface area (Å²) in [5.74, 6) is -0.691. The van der Waals surface area contributed by atoms with Crippen molar-refractivity contribution in [3.8, 4) is 0 Å². The summed E-state index contributed by atoms with van der Waals surface area (Å²) in [6.45, 7) is 6.73. The number of nitrogens with zero attached hydrogens (tertiary/aromatic N) is 1. The highest BCUT2D eigenvalue weighted by atomic mass is 16.5. The molecule has 0 radical (unpaired) electrons. The van der Waals surface area contributed by atoms with Crippen LogP contribution in [0.5, 0.6) is 0 Å². The van der Waals surface area contributed by atoms with E-state index in [-0.39, 0.29) is 17.4 Å². The lowest BCUT2D eigenvalue weighted by Crippen LogP contribution is -2.39. The summed E-state index contributed by atoms with van der Waals surface area (Å²) in [7, 11) is 1.61. The van der Waals surface area contributed by atoms with E-state index in [2.05, 4.69) is 20.8 Å². The van der Waals surface area contributed by atoms with E-state index in [4.69, 9.17) is 9.47 Å². The number of hydrogen-bond acceptors (Lipinski definition) is 4. The monoisotopic (exact) mass is 381 g/mol. The maximum atomic E-state index is 13.2. The molecule has 5 heteroatoms. The van der Waals surface area contributed by atoms with Crippen molar-refractivity contribution in [1.82, 2.24) is 0 Å². The third kappa shape index (κ3) is 4.09. The molecule has 1 heterocycles. The Kier molecular flexibility index (Phi) is 5.84. The first kappa shape index (κ1) is 20.1. The van der Waals surface area contributed by atoms with Gasteiger partial charge in [0, 0.05) is 19.2 Å². The highest BCUT2D eigenvalue weighted by molar-refractivity contribution is 6.02. The van der Waals surface area contributed by atoms with Crippen LogP contribution >= 0.6 is 0 Å². The maximum Gasteiger partial charge on any atom is 0.338 e. The molecule has 1 fully saturated rings. The molecular formula is C23H27NO4. The zero-order valence-electron chi connectivity index (χ0n) is 16.8. The summed E-state index contributed by atoms with van der Waals surface area (Å²) in [5.41, 5.74) is 2.22. The van der Waals surface area contributed by atoms with Gasteiger partial charge in [0.15, 0.2) is 6.10 Å². The quantitative estimate of drug-likeness (QED) is 0.736. The predicted molar refractivity (Wildman–Crippen MR) is 109 cm³/mol. The molecule has 0 aromatic heterocycles. The van der Waals surface area contributed by atoms with Gasteiger partial charge in [-0.2, -0.15) is 0 Å². The lowest BCUT2D eigenvalue weighted by Gasteiger charge is -2.30. The molecule has 5 nitrogen and oxygen atoms in total. The van der Waals surface area contributed by atoms with Crippen LogP contribution in [-0.2, 0) is 19.7 Å². The van der Waals surface area contributed by atoms with E-state index >= 15 is 0 Å². The van der Waals surface area contributed by atoms with E-state index in [1.54, 1.807) is 36.3 Å². The molecule has 28 heavy (non-hydrogen) atoms. The fourth-order valence-electron chi connectivity index (χ4n) is 3.63. The van der Waals surface area contributed by atoms with Crippen molar-refractivity contribution in [2.75, 3.05) is 18.6 Å². The summed E-state index contributed by atoms with van der Waals surface area (Å²) >= 11 is 0. The summed E-state index contributed by atoms with van der Waals surface area (Å²) in [4.78, 5) is 27.4. The summed E-state index contributed by atoms with van der Waals surface area (Å²) < 4.78 is 10.9. The second-order valence-electron chi connectivity index (χ2n) is 8.08. The van der Waals surface area contributed by atoms with Crippen molar-refractivity contribution in [3.05, 3.63) is 65.7 Å². The minimum Gasteiger partial charge on any atom is -0.449 e. The van der Waals surface area contributed by atoms with Crippen molar-refractivity contribution in [3.63, 3.8) is 0 Å². The number of esters is 1. The lowest BCUT2D eigenvalue weighted by molar-refractivity contribution is -0.124. The molecule has 0 N–H and O–H groups in total. The Bertz CT molecular complexity index is 841. The van der Waals surface area contributed by atoms with Gasteiger partial charge >= 0.3 is 5.97 Å². The van der Waals surface area contributed by atoms with Gasteiger partial charge in [0.2, 0.25) is 0 Å². The summed E-state index contributed by atoms with van der Waals surface area (Å²) in [6.07, 6.45) is -0.412. The van der Waals surface area contributed by atoms with Crippen LogP contribution in [0.4, 0.5) is 5.69 Å². The van der Waals surface area contributed by atoms with Gasteiger partial charge in [-0.1, -0.05) is 57.2 Å². The van der Waals surface area contributed by atoms with Crippen LogP contribution in [0.25, 0.3) is 0 Å². The van der Waals surface area contributed by atoms with Crippen molar-refractivity contribution in [2.45, 2.75) is 44.8 Å². The molecule has 0 saturated carbocycles. The highest BCUT2D eigenvalue weighted by Gasteiger charge is 2.44. The van der Waals surface area contributed by atoms with E-state index in [9.17, 15) is 9.59 Å². The molecular weight excluding hydrogens is 354 g/mol. The van der Waals surface area contributed by atoms with E-state index in [0.717, 1.165) is 11.3 Å². The second-order valence-corrected chi connectivity index (χ2v) is 8.08. The van der Waals surface area contributed by atoms with Gasteiger partial charge in [-0.15, -0.1) is 0 Å². The van der Waals surface area contributed by atoms with Gasteiger partial charge in [0.25, 0.3) is 5.91 Å². The Morgan fingerprint density at radius 3 is 2.36 bits per heavy atom. The average Bonchev–Trinajstić information content (AvgIpc) is 2.97. The van der Waals surface area contributed by atoms with Gasteiger partial charge in [-0.25, -0.2) is 4.79 Å². The predicted octanol–water partition coefficient (Wildman–Crippen LogP) is 3.96. The number of benzene rings is 2. The van der Waals surface area contributed by atoms with Gasteiger partial charge in [0.05, 0.1) is 18.2 Å². The van der Waals surface area contributed by atoms with Crippen LogP contribution in [-0.4, -0.2) is 37.7 Å². The Balaban J connectivity index is 1.90. The van der Waals surface area contributed by atoms with Gasteiger partial charge in [-0.3, -0.25) is 4.79 Å². The van der Waals surface area contributed by atoms with Crippen LogP contribution in [0.3, 0.4) is 0 Å². The van der Waals surface area contributed by atoms with Crippen LogP contribution in [0, 0.1) is 0 Å². The number of para-hydroxylation sites is 1. The Morgan fingerprint density at radius 2 is 1.71 bits per heavy atom. The molecule has 0 aliphatic carbocycles. The first-order valence-corrected chi connectivity index (χ1v) is 9.50. The number of amides is 1. The van der Waals surface area contributed by atoms with Crippen LogP contribution in [0.15, 0.2) is 54.6 Å². The van der Waals surface area contributed by atoms with Crippen molar-refractivity contribution < 1.29 is 19.1 Å². The van der Waals surface area contributed by atoms with Crippen molar-refractivity contribution in [1.29, 1.82) is 0 Å². The van der Waals surface area contributed by atoms with Crippen molar-refractivity contribution >= 4 is 17.6 Å². The molecule has 0 spiro atoms. The molecule has 3 rings (SSSR count). The number of anilines is 1. The fourth-order valence-corrected chi connectivity index (χ4v) is 3.63.